The van der Waals surface area contributed by atoms with Crippen LogP contribution in [0.25, 0.3) is 0 Å². The molecule has 2 atom stereocenters. The largest absolute Gasteiger partial charge is 0.440 e. The number of amides is 1. The number of nitrogens with zero attached hydrogens (tertiary/aromatic N) is 1. The predicted octanol–water partition coefficient (Wildman–Crippen LogP) is 2.72. The lowest BCUT2D eigenvalue weighted by Crippen LogP contribution is -2.54. The van der Waals surface area contributed by atoms with Gasteiger partial charge in [0.2, 0.25) is 0 Å². The summed E-state index contributed by atoms with van der Waals surface area (Å²) in [6.45, 7) is 1.25. The first kappa shape index (κ1) is 12.1. The number of furan rings is 1. The molecule has 0 unspecified atom stereocenters. The third kappa shape index (κ3) is 2.15. The average Bonchev–Trinajstić information content (AvgIpc) is 2.84. The fraction of sp³-hybridized carbons (Fsp3) is 0.615. The number of carbonyl (C=O) groups is 1. The Bertz CT molecular complexity index is 443. The first-order valence-electron chi connectivity index (χ1n) is 6.43. The number of halogens is 1. The Hall–Kier alpha value is -1.00. The van der Waals surface area contributed by atoms with E-state index in [1.165, 1.54) is 6.42 Å². The third-order valence-corrected chi connectivity index (χ3v) is 3.98. The highest BCUT2D eigenvalue weighted by Crippen LogP contribution is 2.29. The van der Waals surface area contributed by atoms with Gasteiger partial charge in [-0.1, -0.05) is 12.8 Å². The maximum atomic E-state index is 12.4. The van der Waals surface area contributed by atoms with Gasteiger partial charge in [0, 0.05) is 6.54 Å². The minimum Gasteiger partial charge on any atom is -0.440 e. The molecular formula is C13H16ClNO3. The second-order valence-electron chi connectivity index (χ2n) is 4.86. The van der Waals surface area contributed by atoms with Crippen molar-refractivity contribution in [3.8, 4) is 0 Å². The van der Waals surface area contributed by atoms with Crippen LogP contribution in [0.5, 0.6) is 0 Å². The van der Waals surface area contributed by atoms with Gasteiger partial charge in [0.1, 0.15) is 0 Å². The van der Waals surface area contributed by atoms with Gasteiger partial charge in [0.15, 0.2) is 11.0 Å². The van der Waals surface area contributed by atoms with E-state index in [-0.39, 0.29) is 23.3 Å². The van der Waals surface area contributed by atoms with Gasteiger partial charge in [0.25, 0.3) is 5.91 Å². The molecule has 0 radical (unpaired) electrons. The van der Waals surface area contributed by atoms with Crippen molar-refractivity contribution in [1.29, 1.82) is 0 Å². The Kier molecular flexibility index (Phi) is 3.31. The van der Waals surface area contributed by atoms with E-state index in [1.807, 2.05) is 4.90 Å². The van der Waals surface area contributed by atoms with Crippen LogP contribution in [0.15, 0.2) is 16.5 Å². The summed E-state index contributed by atoms with van der Waals surface area (Å²) in [5.41, 5.74) is 0. The molecule has 2 heterocycles. The number of fused-ring (bicyclic) bond motifs is 1. The Morgan fingerprint density at radius 2 is 2.17 bits per heavy atom. The molecule has 1 aliphatic carbocycles. The molecule has 1 aromatic rings. The average molecular weight is 270 g/mol. The zero-order chi connectivity index (χ0) is 12.5. The van der Waals surface area contributed by atoms with Gasteiger partial charge in [-0.15, -0.1) is 0 Å². The Morgan fingerprint density at radius 1 is 1.33 bits per heavy atom. The highest BCUT2D eigenvalue weighted by Gasteiger charge is 2.37. The van der Waals surface area contributed by atoms with Gasteiger partial charge in [0.05, 0.1) is 18.8 Å². The molecule has 98 valence electrons. The molecule has 3 rings (SSSR count). The summed E-state index contributed by atoms with van der Waals surface area (Å²) in [7, 11) is 0. The molecule has 1 saturated carbocycles. The van der Waals surface area contributed by atoms with Crippen LogP contribution in [-0.4, -0.2) is 36.1 Å². The molecule has 5 heteroatoms. The van der Waals surface area contributed by atoms with Crippen molar-refractivity contribution < 1.29 is 13.9 Å². The van der Waals surface area contributed by atoms with Crippen LogP contribution in [-0.2, 0) is 4.74 Å². The molecule has 4 nitrogen and oxygen atoms in total. The first-order chi connectivity index (χ1) is 8.75. The maximum absolute atomic E-state index is 12.4. The van der Waals surface area contributed by atoms with Gasteiger partial charge in [-0.2, -0.15) is 0 Å². The van der Waals surface area contributed by atoms with E-state index in [4.69, 9.17) is 20.8 Å². The van der Waals surface area contributed by atoms with Crippen molar-refractivity contribution in [3.63, 3.8) is 0 Å². The lowest BCUT2D eigenvalue weighted by Gasteiger charge is -2.43. The third-order valence-electron chi connectivity index (χ3n) is 3.78. The van der Waals surface area contributed by atoms with Crippen molar-refractivity contribution in [1.82, 2.24) is 4.90 Å². The number of carbonyl (C=O) groups excluding carboxylic acids is 1. The van der Waals surface area contributed by atoms with Crippen LogP contribution in [0.4, 0.5) is 0 Å². The quantitative estimate of drug-likeness (QED) is 0.787. The van der Waals surface area contributed by atoms with Crippen LogP contribution in [0.3, 0.4) is 0 Å². The van der Waals surface area contributed by atoms with Crippen LogP contribution >= 0.6 is 11.6 Å². The molecule has 0 N–H and O–H groups in total. The molecule has 0 spiro atoms. The van der Waals surface area contributed by atoms with E-state index >= 15 is 0 Å². The summed E-state index contributed by atoms with van der Waals surface area (Å²) < 4.78 is 11.0. The van der Waals surface area contributed by atoms with E-state index in [0.717, 1.165) is 19.3 Å². The number of ether oxygens (including phenoxy) is 1. The van der Waals surface area contributed by atoms with Crippen molar-refractivity contribution in [2.24, 2.45) is 0 Å². The summed E-state index contributed by atoms with van der Waals surface area (Å²) >= 11 is 5.72. The normalized spacial score (nSPS) is 27.9. The highest BCUT2D eigenvalue weighted by atomic mass is 35.5. The van der Waals surface area contributed by atoms with Crippen molar-refractivity contribution >= 4 is 17.5 Å². The molecular weight excluding hydrogens is 254 g/mol. The van der Waals surface area contributed by atoms with E-state index in [1.54, 1.807) is 12.1 Å². The van der Waals surface area contributed by atoms with Crippen LogP contribution in [0.2, 0.25) is 5.22 Å². The zero-order valence-corrected chi connectivity index (χ0v) is 10.9. The SMILES string of the molecule is O=C(c1ccc(Cl)o1)N1CCO[C@H]2CCCC[C@@H]21. The maximum Gasteiger partial charge on any atom is 0.290 e. The summed E-state index contributed by atoms with van der Waals surface area (Å²) in [6.07, 6.45) is 4.61. The van der Waals surface area contributed by atoms with E-state index in [9.17, 15) is 4.79 Å². The molecule has 18 heavy (non-hydrogen) atoms. The predicted molar refractivity (Wildman–Crippen MR) is 66.8 cm³/mol. The van der Waals surface area contributed by atoms with Crippen molar-refractivity contribution in [2.45, 2.75) is 37.8 Å². The van der Waals surface area contributed by atoms with Crippen LogP contribution < -0.4 is 0 Å². The smallest absolute Gasteiger partial charge is 0.290 e. The van der Waals surface area contributed by atoms with Gasteiger partial charge in [-0.25, -0.2) is 0 Å². The van der Waals surface area contributed by atoms with Crippen LogP contribution in [0.1, 0.15) is 36.2 Å². The first-order valence-corrected chi connectivity index (χ1v) is 6.81. The molecule has 2 fully saturated rings. The lowest BCUT2D eigenvalue weighted by atomic mass is 9.90. The van der Waals surface area contributed by atoms with Gasteiger partial charge in [-0.05, 0) is 36.6 Å². The monoisotopic (exact) mass is 269 g/mol. The second kappa shape index (κ2) is 4.94. The number of hydrogen-bond acceptors (Lipinski definition) is 3. The number of morpholine rings is 1. The summed E-state index contributed by atoms with van der Waals surface area (Å²) in [5, 5.41) is 0.256. The molecule has 1 amide bonds. The van der Waals surface area contributed by atoms with E-state index < -0.39 is 0 Å². The fourth-order valence-corrected chi connectivity index (χ4v) is 3.07. The van der Waals surface area contributed by atoms with Crippen molar-refractivity contribution in [2.75, 3.05) is 13.2 Å². The molecule has 1 aromatic heterocycles. The van der Waals surface area contributed by atoms with E-state index in [0.29, 0.717) is 18.9 Å². The van der Waals surface area contributed by atoms with Crippen LogP contribution in [0, 0.1) is 0 Å². The minimum atomic E-state index is -0.0675. The highest BCUT2D eigenvalue weighted by molar-refractivity contribution is 6.29. The Morgan fingerprint density at radius 3 is 2.94 bits per heavy atom. The van der Waals surface area contributed by atoms with Gasteiger partial charge < -0.3 is 14.1 Å². The molecule has 2 aliphatic rings. The molecule has 1 saturated heterocycles. The Balaban J connectivity index is 1.79. The molecule has 0 bridgehead atoms. The van der Waals surface area contributed by atoms with Gasteiger partial charge >= 0.3 is 0 Å². The minimum absolute atomic E-state index is 0.0675. The van der Waals surface area contributed by atoms with E-state index in [2.05, 4.69) is 0 Å². The summed E-state index contributed by atoms with van der Waals surface area (Å²) in [4.78, 5) is 14.3. The standard InChI is InChI=1S/C13H16ClNO3/c14-12-6-5-11(18-12)13(16)15-7-8-17-10-4-2-1-3-9(10)15/h5-6,9-10H,1-4,7-8H2/t9-,10-/m0/s1. The molecule has 1 aliphatic heterocycles. The summed E-state index contributed by atoms with van der Waals surface area (Å²) in [5.74, 6) is 0.258. The number of rotatable bonds is 1. The Labute approximate surface area is 111 Å². The lowest BCUT2D eigenvalue weighted by molar-refractivity contribution is -0.0759. The number of hydrogen-bond donors (Lipinski definition) is 0. The van der Waals surface area contributed by atoms with Crippen molar-refractivity contribution in [3.05, 3.63) is 23.1 Å². The molecule has 0 aromatic carbocycles. The summed E-state index contributed by atoms with van der Waals surface area (Å²) in [6, 6.07) is 3.44. The van der Waals surface area contributed by atoms with Gasteiger partial charge in [-0.3, -0.25) is 4.79 Å². The second-order valence-corrected chi connectivity index (χ2v) is 5.24. The topological polar surface area (TPSA) is 42.7 Å². The zero-order valence-electron chi connectivity index (χ0n) is 10.1. The fourth-order valence-electron chi connectivity index (χ4n) is 2.92.